The smallest absolute Gasteiger partial charge is 0.137 e. The van der Waals surface area contributed by atoms with Gasteiger partial charge < -0.3 is 4.42 Å². The molecule has 1 atom stereocenters. The monoisotopic (exact) mass is 373 g/mol. The maximum atomic E-state index is 5.23. The summed E-state index contributed by atoms with van der Waals surface area (Å²) >= 11 is 0. The number of aromatic nitrogens is 3. The Balaban J connectivity index is 1.46. The molecule has 6 nitrogen and oxygen atoms in total. The third-order valence-corrected chi connectivity index (χ3v) is 5.55. The highest BCUT2D eigenvalue weighted by Crippen LogP contribution is 2.27. The van der Waals surface area contributed by atoms with Gasteiger partial charge in [-0.25, -0.2) is 4.98 Å². The van der Waals surface area contributed by atoms with E-state index in [2.05, 4.69) is 50.6 Å². The average Bonchev–Trinajstić information content (AvgIpc) is 3.39. The molecule has 0 spiro atoms. The van der Waals surface area contributed by atoms with Crippen molar-refractivity contribution in [1.82, 2.24) is 24.2 Å². The van der Waals surface area contributed by atoms with Crippen molar-refractivity contribution in [2.45, 2.75) is 12.6 Å². The third kappa shape index (κ3) is 3.21. The summed E-state index contributed by atoms with van der Waals surface area (Å²) in [6.07, 6.45) is 9.42. The van der Waals surface area contributed by atoms with E-state index in [9.17, 15) is 0 Å². The number of nitrogens with zero attached hydrogens (tertiary/aromatic N) is 5. The van der Waals surface area contributed by atoms with Crippen molar-refractivity contribution in [2.24, 2.45) is 0 Å². The number of rotatable bonds is 4. The Morgan fingerprint density at radius 3 is 2.82 bits per heavy atom. The molecular formula is C22H23N5O. The van der Waals surface area contributed by atoms with Crippen LogP contribution in [-0.2, 0) is 6.54 Å². The molecule has 0 N–H and O–H groups in total. The molecule has 0 unspecified atom stereocenters. The Labute approximate surface area is 164 Å². The lowest BCUT2D eigenvalue weighted by Crippen LogP contribution is -2.46. The Morgan fingerprint density at radius 1 is 1.11 bits per heavy atom. The molecule has 142 valence electrons. The molecule has 5 heterocycles. The van der Waals surface area contributed by atoms with E-state index in [0.717, 1.165) is 48.8 Å². The molecule has 1 aliphatic rings. The maximum Gasteiger partial charge on any atom is 0.137 e. The van der Waals surface area contributed by atoms with Crippen LogP contribution in [0.4, 0.5) is 0 Å². The quantitative estimate of drug-likeness (QED) is 0.548. The minimum atomic E-state index is 0.269. The van der Waals surface area contributed by atoms with Gasteiger partial charge in [0.05, 0.1) is 30.0 Å². The van der Waals surface area contributed by atoms with Crippen LogP contribution in [0, 0.1) is 0 Å². The summed E-state index contributed by atoms with van der Waals surface area (Å²) < 4.78 is 7.41. The second-order valence-corrected chi connectivity index (χ2v) is 7.40. The zero-order valence-corrected chi connectivity index (χ0v) is 15.9. The fourth-order valence-electron chi connectivity index (χ4n) is 3.98. The molecule has 6 heteroatoms. The maximum absolute atomic E-state index is 5.23. The van der Waals surface area contributed by atoms with E-state index in [-0.39, 0.29) is 6.04 Å². The Bertz CT molecular complexity index is 1060. The molecule has 0 aliphatic carbocycles. The van der Waals surface area contributed by atoms with Crippen molar-refractivity contribution in [3.8, 4) is 11.3 Å². The minimum absolute atomic E-state index is 0.269. The molecular weight excluding hydrogens is 350 g/mol. The van der Waals surface area contributed by atoms with Crippen LogP contribution < -0.4 is 0 Å². The molecule has 0 bridgehead atoms. The van der Waals surface area contributed by atoms with Gasteiger partial charge in [0.1, 0.15) is 5.65 Å². The van der Waals surface area contributed by atoms with E-state index in [1.54, 1.807) is 6.26 Å². The van der Waals surface area contributed by atoms with Crippen LogP contribution in [0.15, 0.2) is 71.9 Å². The van der Waals surface area contributed by atoms with Gasteiger partial charge >= 0.3 is 0 Å². The largest absolute Gasteiger partial charge is 0.472 e. The SMILES string of the molecule is CN1CCN(Cc2ccoc2)C[C@H]1c1cn2c(-c3ccncc3)cccc2n1. The molecule has 0 saturated carbocycles. The zero-order valence-electron chi connectivity index (χ0n) is 15.9. The van der Waals surface area contributed by atoms with Crippen LogP contribution >= 0.6 is 0 Å². The van der Waals surface area contributed by atoms with Gasteiger partial charge in [0.2, 0.25) is 0 Å². The summed E-state index contributed by atoms with van der Waals surface area (Å²) in [5.74, 6) is 0. The fourth-order valence-corrected chi connectivity index (χ4v) is 3.98. The fraction of sp³-hybridized carbons (Fsp3) is 0.273. The number of hydrogen-bond donors (Lipinski definition) is 0. The normalized spacial score (nSPS) is 18.7. The molecule has 0 aromatic carbocycles. The Kier molecular flexibility index (Phi) is 4.43. The van der Waals surface area contributed by atoms with Crippen molar-refractivity contribution in [3.63, 3.8) is 0 Å². The van der Waals surface area contributed by atoms with Crippen molar-refractivity contribution < 1.29 is 4.42 Å². The number of likely N-dealkylation sites (N-methyl/N-ethyl adjacent to an activating group) is 1. The lowest BCUT2D eigenvalue weighted by molar-refractivity contribution is 0.0884. The molecule has 1 aliphatic heterocycles. The van der Waals surface area contributed by atoms with E-state index in [1.165, 1.54) is 5.56 Å². The summed E-state index contributed by atoms with van der Waals surface area (Å²) in [7, 11) is 2.19. The molecule has 1 fully saturated rings. The van der Waals surface area contributed by atoms with E-state index in [4.69, 9.17) is 9.40 Å². The van der Waals surface area contributed by atoms with Crippen LogP contribution in [0.3, 0.4) is 0 Å². The first-order chi connectivity index (χ1) is 13.8. The van der Waals surface area contributed by atoms with Crippen LogP contribution in [0.25, 0.3) is 16.9 Å². The van der Waals surface area contributed by atoms with Gasteiger partial charge in [0.15, 0.2) is 0 Å². The number of piperazine rings is 1. The van der Waals surface area contributed by atoms with E-state index in [1.807, 2.05) is 36.9 Å². The molecule has 1 saturated heterocycles. The van der Waals surface area contributed by atoms with Gasteiger partial charge in [-0.3, -0.25) is 19.2 Å². The lowest BCUT2D eigenvalue weighted by Gasteiger charge is -2.38. The summed E-state index contributed by atoms with van der Waals surface area (Å²) in [5.41, 5.74) is 5.58. The molecule has 4 aromatic rings. The van der Waals surface area contributed by atoms with Crippen LogP contribution in [-0.4, -0.2) is 50.9 Å². The lowest BCUT2D eigenvalue weighted by atomic mass is 10.1. The van der Waals surface area contributed by atoms with Crippen LogP contribution in [0.2, 0.25) is 0 Å². The molecule has 28 heavy (non-hydrogen) atoms. The second-order valence-electron chi connectivity index (χ2n) is 7.40. The highest BCUT2D eigenvalue weighted by molar-refractivity contribution is 5.63. The topological polar surface area (TPSA) is 49.8 Å². The standard InChI is InChI=1S/C22H23N5O/c1-25-10-11-26(13-17-7-12-28-16-17)15-21(25)19-14-27-20(3-2-4-22(27)24-19)18-5-8-23-9-6-18/h2-9,12,14,16,21H,10-11,13,15H2,1H3/t21-/m0/s1. The Morgan fingerprint density at radius 2 is 2.00 bits per heavy atom. The van der Waals surface area contributed by atoms with Crippen molar-refractivity contribution in [2.75, 3.05) is 26.7 Å². The van der Waals surface area contributed by atoms with Gasteiger partial charge in [-0.2, -0.15) is 0 Å². The Hall–Kier alpha value is -2.96. The second kappa shape index (κ2) is 7.22. The van der Waals surface area contributed by atoms with Gasteiger partial charge in [0.25, 0.3) is 0 Å². The third-order valence-electron chi connectivity index (χ3n) is 5.55. The molecule has 0 amide bonds. The molecule has 0 radical (unpaired) electrons. The van der Waals surface area contributed by atoms with Crippen molar-refractivity contribution in [1.29, 1.82) is 0 Å². The van der Waals surface area contributed by atoms with E-state index < -0.39 is 0 Å². The van der Waals surface area contributed by atoms with Crippen LogP contribution in [0.5, 0.6) is 0 Å². The average molecular weight is 373 g/mol. The first-order valence-corrected chi connectivity index (χ1v) is 9.60. The van der Waals surface area contributed by atoms with Crippen LogP contribution in [0.1, 0.15) is 17.3 Å². The van der Waals surface area contributed by atoms with Gasteiger partial charge in [0, 0.05) is 55.9 Å². The molecule has 5 rings (SSSR count). The first kappa shape index (κ1) is 17.2. The van der Waals surface area contributed by atoms with E-state index >= 15 is 0 Å². The number of imidazole rings is 1. The van der Waals surface area contributed by atoms with E-state index in [0.29, 0.717) is 0 Å². The summed E-state index contributed by atoms with van der Waals surface area (Å²) in [6.45, 7) is 3.94. The number of fused-ring (bicyclic) bond motifs is 1. The zero-order chi connectivity index (χ0) is 18.9. The first-order valence-electron chi connectivity index (χ1n) is 9.60. The predicted molar refractivity (Wildman–Crippen MR) is 108 cm³/mol. The highest BCUT2D eigenvalue weighted by Gasteiger charge is 2.28. The molecule has 4 aromatic heterocycles. The number of hydrogen-bond acceptors (Lipinski definition) is 5. The van der Waals surface area contributed by atoms with Gasteiger partial charge in [-0.05, 0) is 37.4 Å². The van der Waals surface area contributed by atoms with Crippen molar-refractivity contribution in [3.05, 3.63) is 78.8 Å². The minimum Gasteiger partial charge on any atom is -0.472 e. The van der Waals surface area contributed by atoms with Crippen molar-refractivity contribution >= 4 is 5.65 Å². The summed E-state index contributed by atoms with van der Waals surface area (Å²) in [5, 5.41) is 0. The predicted octanol–water partition coefficient (Wildman–Crippen LogP) is 3.48. The highest BCUT2D eigenvalue weighted by atomic mass is 16.3. The number of pyridine rings is 2. The summed E-state index contributed by atoms with van der Waals surface area (Å²) in [4.78, 5) is 14.0. The summed E-state index contributed by atoms with van der Waals surface area (Å²) in [6, 6.07) is 12.6. The number of furan rings is 1. The van der Waals surface area contributed by atoms with Gasteiger partial charge in [-0.15, -0.1) is 0 Å². The van der Waals surface area contributed by atoms with Gasteiger partial charge in [-0.1, -0.05) is 6.07 Å².